The van der Waals surface area contributed by atoms with Gasteiger partial charge in [-0.05, 0) is 51.4 Å². The van der Waals surface area contributed by atoms with Gasteiger partial charge in [-0.25, -0.2) is 13.1 Å². The minimum atomic E-state index is -3.48. The third kappa shape index (κ3) is 4.04. The fourth-order valence-corrected chi connectivity index (χ4v) is 3.50. The first-order chi connectivity index (χ1) is 9.28. The second-order valence-electron chi connectivity index (χ2n) is 5.46. The highest BCUT2D eigenvalue weighted by Crippen LogP contribution is 2.21. The molecule has 0 aliphatic carbocycles. The van der Waals surface area contributed by atoms with Crippen LogP contribution in [0.25, 0.3) is 0 Å². The van der Waals surface area contributed by atoms with Gasteiger partial charge in [-0.1, -0.05) is 26.0 Å². The van der Waals surface area contributed by atoms with Crippen molar-refractivity contribution in [2.75, 3.05) is 7.05 Å². The predicted octanol–water partition coefficient (Wildman–Crippen LogP) is 2.82. The molecule has 5 heteroatoms. The van der Waals surface area contributed by atoms with E-state index in [0.717, 1.165) is 18.4 Å². The third-order valence-electron chi connectivity index (χ3n) is 4.04. The molecule has 0 bridgehead atoms. The first-order valence-electron chi connectivity index (χ1n) is 7.09. The molecule has 0 fully saturated rings. The Kier molecular flexibility index (Phi) is 5.74. The Morgan fingerprint density at radius 3 is 2.35 bits per heavy atom. The zero-order valence-corrected chi connectivity index (χ0v) is 13.8. The van der Waals surface area contributed by atoms with Crippen LogP contribution in [-0.2, 0) is 10.0 Å². The summed E-state index contributed by atoms with van der Waals surface area (Å²) in [5, 5.41) is 3.12. The maximum Gasteiger partial charge on any atom is 0.241 e. The minimum absolute atomic E-state index is 0.119. The van der Waals surface area contributed by atoms with Crippen LogP contribution in [-0.4, -0.2) is 21.0 Å². The van der Waals surface area contributed by atoms with Crippen LogP contribution in [0.2, 0.25) is 0 Å². The average Bonchev–Trinajstić information content (AvgIpc) is 2.46. The Balaban J connectivity index is 3.10. The molecular weight excluding hydrogens is 272 g/mol. The lowest BCUT2D eigenvalue weighted by Crippen LogP contribution is -2.44. The van der Waals surface area contributed by atoms with Crippen molar-refractivity contribution in [1.82, 2.24) is 10.0 Å². The molecule has 0 aliphatic rings. The van der Waals surface area contributed by atoms with E-state index in [9.17, 15) is 8.42 Å². The Morgan fingerprint density at radius 2 is 1.85 bits per heavy atom. The van der Waals surface area contributed by atoms with Crippen molar-refractivity contribution in [2.24, 2.45) is 0 Å². The molecule has 1 aromatic rings. The van der Waals surface area contributed by atoms with Gasteiger partial charge in [-0.3, -0.25) is 0 Å². The molecule has 1 atom stereocenters. The van der Waals surface area contributed by atoms with Gasteiger partial charge in [0.15, 0.2) is 0 Å². The molecule has 0 amide bonds. The SMILES string of the molecule is CCC(C)(CC)NS(=O)(=O)c1cccc(C(C)NC)c1. The van der Waals surface area contributed by atoms with Crippen molar-refractivity contribution in [3.8, 4) is 0 Å². The Bertz CT molecular complexity index is 537. The van der Waals surface area contributed by atoms with E-state index in [1.807, 2.05) is 40.8 Å². The summed E-state index contributed by atoms with van der Waals surface area (Å²) in [7, 11) is -1.63. The number of hydrogen-bond donors (Lipinski definition) is 2. The van der Waals surface area contributed by atoms with Crippen molar-refractivity contribution in [2.45, 2.75) is 57.0 Å². The maximum absolute atomic E-state index is 12.5. The molecule has 0 radical (unpaired) electrons. The fourth-order valence-electron chi connectivity index (χ4n) is 1.90. The Labute approximate surface area is 123 Å². The standard InChI is InChI=1S/C15H26N2O2S/c1-6-15(4,7-2)17-20(18,19)14-10-8-9-13(11-14)12(3)16-5/h8-12,16-17H,6-7H2,1-5H3. The van der Waals surface area contributed by atoms with Crippen LogP contribution < -0.4 is 10.0 Å². The van der Waals surface area contributed by atoms with E-state index in [1.54, 1.807) is 18.2 Å². The van der Waals surface area contributed by atoms with Crippen molar-refractivity contribution >= 4 is 10.0 Å². The van der Waals surface area contributed by atoms with E-state index in [2.05, 4.69) is 10.0 Å². The van der Waals surface area contributed by atoms with E-state index >= 15 is 0 Å². The van der Waals surface area contributed by atoms with E-state index in [1.165, 1.54) is 0 Å². The normalized spacial score (nSPS) is 14.2. The molecule has 0 aromatic heterocycles. The first-order valence-corrected chi connectivity index (χ1v) is 8.57. The molecule has 1 unspecified atom stereocenters. The van der Waals surface area contributed by atoms with E-state index in [-0.39, 0.29) is 6.04 Å². The van der Waals surface area contributed by atoms with Crippen molar-refractivity contribution in [3.05, 3.63) is 29.8 Å². The molecule has 0 saturated carbocycles. The van der Waals surface area contributed by atoms with Crippen LogP contribution in [0.5, 0.6) is 0 Å². The molecule has 0 heterocycles. The summed E-state index contributed by atoms with van der Waals surface area (Å²) in [6.45, 7) is 7.92. The van der Waals surface area contributed by atoms with Gasteiger partial charge in [-0.15, -0.1) is 0 Å². The predicted molar refractivity (Wildman–Crippen MR) is 83.2 cm³/mol. The highest BCUT2D eigenvalue weighted by molar-refractivity contribution is 7.89. The molecule has 0 spiro atoms. The second-order valence-corrected chi connectivity index (χ2v) is 7.14. The second kappa shape index (κ2) is 6.70. The smallest absolute Gasteiger partial charge is 0.241 e. The molecule has 0 aliphatic heterocycles. The molecule has 1 rings (SSSR count). The molecule has 114 valence electrons. The lowest BCUT2D eigenvalue weighted by atomic mass is 9.98. The number of benzene rings is 1. The van der Waals surface area contributed by atoms with Gasteiger partial charge >= 0.3 is 0 Å². The van der Waals surface area contributed by atoms with Gasteiger partial charge in [0.1, 0.15) is 0 Å². The molecule has 0 saturated heterocycles. The van der Waals surface area contributed by atoms with Gasteiger partial charge in [0.2, 0.25) is 10.0 Å². The van der Waals surface area contributed by atoms with Crippen molar-refractivity contribution < 1.29 is 8.42 Å². The molecule has 4 nitrogen and oxygen atoms in total. The maximum atomic E-state index is 12.5. The summed E-state index contributed by atoms with van der Waals surface area (Å²) < 4.78 is 27.8. The summed E-state index contributed by atoms with van der Waals surface area (Å²) in [6, 6.07) is 7.20. The molecule has 20 heavy (non-hydrogen) atoms. The van der Waals surface area contributed by atoms with Crippen LogP contribution in [0.4, 0.5) is 0 Å². The highest BCUT2D eigenvalue weighted by Gasteiger charge is 2.27. The minimum Gasteiger partial charge on any atom is -0.313 e. The first kappa shape index (κ1) is 17.1. The largest absolute Gasteiger partial charge is 0.313 e. The van der Waals surface area contributed by atoms with Crippen LogP contribution >= 0.6 is 0 Å². The van der Waals surface area contributed by atoms with E-state index in [4.69, 9.17) is 0 Å². The van der Waals surface area contributed by atoms with Gasteiger partial charge in [0.25, 0.3) is 0 Å². The summed E-state index contributed by atoms with van der Waals surface area (Å²) >= 11 is 0. The molecule has 1 aromatic carbocycles. The molecular formula is C15H26N2O2S. The zero-order valence-electron chi connectivity index (χ0n) is 13.0. The summed E-state index contributed by atoms with van der Waals surface area (Å²) in [4.78, 5) is 0.324. The van der Waals surface area contributed by atoms with Gasteiger partial charge in [0, 0.05) is 11.6 Å². The van der Waals surface area contributed by atoms with Crippen LogP contribution in [0.1, 0.15) is 52.1 Å². The quantitative estimate of drug-likeness (QED) is 0.814. The van der Waals surface area contributed by atoms with Gasteiger partial charge in [0.05, 0.1) is 4.90 Å². The summed E-state index contributed by atoms with van der Waals surface area (Å²) in [5.74, 6) is 0. The van der Waals surface area contributed by atoms with Crippen molar-refractivity contribution in [3.63, 3.8) is 0 Å². The number of rotatable bonds is 7. The van der Waals surface area contributed by atoms with E-state index in [0.29, 0.717) is 4.90 Å². The lowest BCUT2D eigenvalue weighted by molar-refractivity contribution is 0.388. The van der Waals surface area contributed by atoms with Crippen LogP contribution in [0, 0.1) is 0 Å². The highest BCUT2D eigenvalue weighted by atomic mass is 32.2. The van der Waals surface area contributed by atoms with Gasteiger partial charge in [-0.2, -0.15) is 0 Å². The summed E-state index contributed by atoms with van der Waals surface area (Å²) in [5.41, 5.74) is 0.564. The number of nitrogens with one attached hydrogen (secondary N) is 2. The average molecular weight is 298 g/mol. The van der Waals surface area contributed by atoms with Crippen LogP contribution in [0.15, 0.2) is 29.2 Å². The fraction of sp³-hybridized carbons (Fsp3) is 0.600. The zero-order chi connectivity index (χ0) is 15.4. The third-order valence-corrected chi connectivity index (χ3v) is 5.68. The number of sulfonamides is 1. The van der Waals surface area contributed by atoms with E-state index < -0.39 is 15.6 Å². The van der Waals surface area contributed by atoms with Crippen molar-refractivity contribution in [1.29, 1.82) is 0 Å². The monoisotopic (exact) mass is 298 g/mol. The Morgan fingerprint density at radius 1 is 1.25 bits per heavy atom. The topological polar surface area (TPSA) is 58.2 Å². The lowest BCUT2D eigenvalue weighted by Gasteiger charge is -2.28. The number of hydrogen-bond acceptors (Lipinski definition) is 3. The molecule has 2 N–H and O–H groups in total. The van der Waals surface area contributed by atoms with Gasteiger partial charge < -0.3 is 5.32 Å². The van der Waals surface area contributed by atoms with Crippen LogP contribution in [0.3, 0.4) is 0 Å². The summed E-state index contributed by atoms with van der Waals surface area (Å²) in [6.07, 6.45) is 1.52. The Hall–Kier alpha value is -0.910.